The SMILES string of the molecule is O=S(=O)(Cl)c1cc(F)c(F)c(F)c1. The Bertz CT molecular complexity index is 420. The van der Waals surface area contributed by atoms with Gasteiger partial charge >= 0.3 is 0 Å². The van der Waals surface area contributed by atoms with Crippen LogP contribution in [0.15, 0.2) is 17.0 Å². The first kappa shape index (κ1) is 10.3. The molecule has 0 aliphatic heterocycles. The molecule has 0 N–H and O–H groups in total. The third-order valence-electron chi connectivity index (χ3n) is 1.24. The summed E-state index contributed by atoms with van der Waals surface area (Å²) < 4.78 is 58.3. The van der Waals surface area contributed by atoms with Gasteiger partial charge in [0.25, 0.3) is 9.05 Å². The summed E-state index contributed by atoms with van der Waals surface area (Å²) in [5.74, 6) is -4.93. The van der Waals surface area contributed by atoms with Crippen LogP contribution in [0, 0.1) is 17.5 Å². The number of hydrogen-bond acceptors (Lipinski definition) is 2. The molecule has 0 aromatic heterocycles. The van der Waals surface area contributed by atoms with E-state index < -0.39 is 31.4 Å². The van der Waals surface area contributed by atoms with Crippen LogP contribution in [0.4, 0.5) is 13.2 Å². The molecule has 0 radical (unpaired) electrons. The molecule has 0 atom stereocenters. The first-order valence-electron chi connectivity index (χ1n) is 2.91. The second-order valence-corrected chi connectivity index (χ2v) is 4.70. The van der Waals surface area contributed by atoms with Gasteiger partial charge in [-0.3, -0.25) is 0 Å². The van der Waals surface area contributed by atoms with Crippen molar-refractivity contribution in [2.24, 2.45) is 0 Å². The van der Waals surface area contributed by atoms with Gasteiger partial charge in [0.2, 0.25) is 0 Å². The third-order valence-corrected chi connectivity index (χ3v) is 2.57. The molecule has 0 amide bonds. The van der Waals surface area contributed by atoms with Crippen molar-refractivity contribution < 1.29 is 21.6 Å². The predicted octanol–water partition coefficient (Wildman–Crippen LogP) is 2.03. The van der Waals surface area contributed by atoms with Gasteiger partial charge in [0.05, 0.1) is 4.90 Å². The maximum absolute atomic E-state index is 12.4. The maximum Gasteiger partial charge on any atom is 0.261 e. The zero-order valence-electron chi connectivity index (χ0n) is 5.89. The molecule has 0 aliphatic carbocycles. The van der Waals surface area contributed by atoms with Crippen LogP contribution < -0.4 is 0 Å². The van der Waals surface area contributed by atoms with Crippen molar-refractivity contribution in [1.29, 1.82) is 0 Å². The molecule has 0 saturated carbocycles. The molecule has 1 rings (SSSR count). The molecule has 0 fully saturated rings. The first-order chi connectivity index (χ1) is 5.82. The molecule has 2 nitrogen and oxygen atoms in total. The largest absolute Gasteiger partial charge is 0.261 e. The molecule has 13 heavy (non-hydrogen) atoms. The quantitative estimate of drug-likeness (QED) is 0.547. The lowest BCUT2D eigenvalue weighted by molar-refractivity contribution is 0.442. The standard InChI is InChI=1S/C6H2ClF3O2S/c7-13(11,12)3-1-4(8)6(10)5(9)2-3/h1-2H. The summed E-state index contributed by atoms with van der Waals surface area (Å²) in [6, 6.07) is 0.613. The Kier molecular flexibility index (Phi) is 2.53. The minimum atomic E-state index is -4.24. The number of hydrogen-bond donors (Lipinski definition) is 0. The van der Waals surface area contributed by atoms with Crippen LogP contribution in [0.2, 0.25) is 0 Å². The lowest BCUT2D eigenvalue weighted by atomic mass is 10.3. The van der Waals surface area contributed by atoms with E-state index in [0.29, 0.717) is 12.1 Å². The molecule has 0 unspecified atom stereocenters. The Morgan fingerprint density at radius 2 is 1.46 bits per heavy atom. The number of rotatable bonds is 1. The molecule has 72 valence electrons. The monoisotopic (exact) mass is 230 g/mol. The van der Waals surface area contributed by atoms with Crippen LogP contribution in [0.25, 0.3) is 0 Å². The molecule has 1 aromatic carbocycles. The third kappa shape index (κ3) is 2.13. The molecule has 0 aliphatic rings. The van der Waals surface area contributed by atoms with Crippen molar-refractivity contribution in [2.75, 3.05) is 0 Å². The zero-order chi connectivity index (χ0) is 10.2. The van der Waals surface area contributed by atoms with Crippen molar-refractivity contribution in [2.45, 2.75) is 4.90 Å². The smallest absolute Gasteiger partial charge is 0.207 e. The van der Waals surface area contributed by atoms with Crippen LogP contribution in [-0.2, 0) is 9.05 Å². The Balaban J connectivity index is 3.47. The van der Waals surface area contributed by atoms with E-state index in [0.717, 1.165) is 0 Å². The molecule has 1 aromatic rings. The average Bonchev–Trinajstić information content (AvgIpc) is 1.97. The van der Waals surface area contributed by atoms with Crippen LogP contribution in [0.5, 0.6) is 0 Å². The van der Waals surface area contributed by atoms with Crippen LogP contribution >= 0.6 is 10.7 Å². The topological polar surface area (TPSA) is 34.1 Å². The van der Waals surface area contributed by atoms with E-state index in [1.165, 1.54) is 0 Å². The first-order valence-corrected chi connectivity index (χ1v) is 5.22. The Morgan fingerprint density at radius 3 is 1.77 bits per heavy atom. The van der Waals surface area contributed by atoms with Crippen molar-refractivity contribution in [1.82, 2.24) is 0 Å². The van der Waals surface area contributed by atoms with Gasteiger partial charge in [-0.1, -0.05) is 0 Å². The Hall–Kier alpha value is -0.750. The lowest BCUT2D eigenvalue weighted by Gasteiger charge is -1.98. The summed E-state index contributed by atoms with van der Waals surface area (Å²) in [5, 5.41) is 0. The van der Waals surface area contributed by atoms with Gasteiger partial charge in [-0.15, -0.1) is 0 Å². The minimum absolute atomic E-state index is 0.306. The highest BCUT2D eigenvalue weighted by Crippen LogP contribution is 2.20. The highest BCUT2D eigenvalue weighted by molar-refractivity contribution is 8.13. The Labute approximate surface area is 76.4 Å². The highest BCUT2D eigenvalue weighted by Gasteiger charge is 2.17. The zero-order valence-corrected chi connectivity index (χ0v) is 7.46. The van der Waals surface area contributed by atoms with Gasteiger partial charge in [0.1, 0.15) is 0 Å². The second-order valence-electron chi connectivity index (χ2n) is 2.14. The van der Waals surface area contributed by atoms with E-state index >= 15 is 0 Å². The van der Waals surface area contributed by atoms with Gasteiger partial charge in [-0.05, 0) is 12.1 Å². The normalized spacial score (nSPS) is 11.7. The van der Waals surface area contributed by atoms with Crippen LogP contribution in [0.1, 0.15) is 0 Å². The fraction of sp³-hybridized carbons (Fsp3) is 0. The molecule has 0 saturated heterocycles. The molecule has 0 bridgehead atoms. The summed E-state index contributed by atoms with van der Waals surface area (Å²) in [6.07, 6.45) is 0. The maximum atomic E-state index is 12.4. The summed E-state index contributed by atoms with van der Waals surface area (Å²) in [7, 11) is 0.532. The van der Waals surface area contributed by atoms with Crippen molar-refractivity contribution >= 4 is 19.7 Å². The van der Waals surface area contributed by atoms with Gasteiger partial charge in [0, 0.05) is 10.7 Å². The molecule has 7 heteroatoms. The predicted molar refractivity (Wildman–Crippen MR) is 39.4 cm³/mol. The highest BCUT2D eigenvalue weighted by atomic mass is 35.7. The van der Waals surface area contributed by atoms with Gasteiger partial charge in [-0.2, -0.15) is 0 Å². The van der Waals surface area contributed by atoms with E-state index in [2.05, 4.69) is 0 Å². The summed E-state index contributed by atoms with van der Waals surface area (Å²) in [6.45, 7) is 0. The second kappa shape index (κ2) is 3.19. The molecular formula is C6H2ClF3O2S. The van der Waals surface area contributed by atoms with E-state index in [4.69, 9.17) is 10.7 Å². The fourth-order valence-electron chi connectivity index (χ4n) is 0.673. The van der Waals surface area contributed by atoms with Gasteiger partial charge < -0.3 is 0 Å². The van der Waals surface area contributed by atoms with E-state index in [1.807, 2.05) is 0 Å². The Morgan fingerprint density at radius 1 is 1.08 bits per heavy atom. The molecule has 0 spiro atoms. The van der Waals surface area contributed by atoms with E-state index in [1.54, 1.807) is 0 Å². The number of benzene rings is 1. The van der Waals surface area contributed by atoms with Crippen LogP contribution in [0.3, 0.4) is 0 Å². The molecule has 0 heterocycles. The van der Waals surface area contributed by atoms with E-state index in [9.17, 15) is 21.6 Å². The van der Waals surface area contributed by atoms with Crippen molar-refractivity contribution in [3.63, 3.8) is 0 Å². The van der Waals surface area contributed by atoms with E-state index in [-0.39, 0.29) is 0 Å². The lowest BCUT2D eigenvalue weighted by Crippen LogP contribution is -1.97. The van der Waals surface area contributed by atoms with Crippen molar-refractivity contribution in [3.8, 4) is 0 Å². The average molecular weight is 231 g/mol. The summed E-state index contributed by atoms with van der Waals surface area (Å²) >= 11 is 0. The van der Waals surface area contributed by atoms with Crippen LogP contribution in [-0.4, -0.2) is 8.42 Å². The fourth-order valence-corrected chi connectivity index (χ4v) is 1.43. The van der Waals surface area contributed by atoms with Gasteiger partial charge in [0.15, 0.2) is 17.5 Å². The summed E-state index contributed by atoms with van der Waals surface area (Å²) in [5.41, 5.74) is 0. The van der Waals surface area contributed by atoms with Crippen molar-refractivity contribution in [3.05, 3.63) is 29.6 Å². The molecular weight excluding hydrogens is 229 g/mol. The van der Waals surface area contributed by atoms with Gasteiger partial charge in [-0.25, -0.2) is 21.6 Å². The minimum Gasteiger partial charge on any atom is -0.207 e. The number of halogens is 4. The summed E-state index contributed by atoms with van der Waals surface area (Å²) in [4.78, 5) is -0.814.